The fraction of sp³-hybridized carbons (Fsp3) is 0.909. The Hall–Kier alpha value is -1.10. The molecule has 2 saturated heterocycles. The Bertz CT molecular complexity index is 686. The number of hydrogen-bond donors (Lipinski definition) is 0. The maximum absolute atomic E-state index is 12.5. The first-order chi connectivity index (χ1) is 12.7. The van der Waals surface area contributed by atoms with Crippen molar-refractivity contribution in [3.63, 3.8) is 0 Å². The largest absolute Gasteiger partial charge is 0.435 e. The Labute approximate surface area is 161 Å². The van der Waals surface area contributed by atoms with Crippen LogP contribution < -0.4 is 0 Å². The van der Waals surface area contributed by atoms with E-state index in [9.17, 15) is 9.59 Å². The summed E-state index contributed by atoms with van der Waals surface area (Å²) in [4.78, 5) is 24.3. The molecular weight excluding hydrogens is 344 g/mol. The van der Waals surface area contributed by atoms with E-state index in [1.54, 1.807) is 0 Å². The van der Waals surface area contributed by atoms with Gasteiger partial charge in [0.2, 0.25) is 12.6 Å². The molecule has 0 aromatic carbocycles. The molecule has 1 unspecified atom stereocenters. The molecule has 2 aliphatic heterocycles. The number of carbonyl (C=O) groups is 2. The van der Waals surface area contributed by atoms with Gasteiger partial charge in [0.05, 0.1) is 5.92 Å². The van der Waals surface area contributed by atoms with Crippen molar-refractivity contribution in [1.82, 2.24) is 0 Å². The van der Waals surface area contributed by atoms with Gasteiger partial charge in [0.25, 0.3) is 0 Å². The van der Waals surface area contributed by atoms with Gasteiger partial charge >= 0.3 is 11.9 Å². The first-order valence-electron chi connectivity index (χ1n) is 10.7. The molecule has 0 bridgehead atoms. The lowest BCUT2D eigenvalue weighted by Gasteiger charge is -2.65. The van der Waals surface area contributed by atoms with Gasteiger partial charge in [-0.25, -0.2) is 0 Å². The fourth-order valence-corrected chi connectivity index (χ4v) is 8.45. The van der Waals surface area contributed by atoms with Crippen molar-refractivity contribution in [3.8, 4) is 0 Å². The normalized spacial score (nSPS) is 52.4. The molecule has 0 amide bonds. The van der Waals surface area contributed by atoms with Crippen LogP contribution in [0.1, 0.15) is 72.6 Å². The average Bonchev–Trinajstić information content (AvgIpc) is 3.04. The summed E-state index contributed by atoms with van der Waals surface area (Å²) in [6, 6.07) is 0. The van der Waals surface area contributed by atoms with Gasteiger partial charge in [0, 0.05) is 18.3 Å². The molecule has 150 valence electrons. The molecule has 3 aliphatic carbocycles. The van der Waals surface area contributed by atoms with Crippen molar-refractivity contribution in [2.75, 3.05) is 0 Å². The molecule has 27 heavy (non-hydrogen) atoms. The van der Waals surface area contributed by atoms with Crippen molar-refractivity contribution in [3.05, 3.63) is 0 Å². The zero-order valence-electron chi connectivity index (χ0n) is 17.0. The monoisotopic (exact) mass is 376 g/mol. The third kappa shape index (κ3) is 2.15. The molecule has 5 heteroatoms. The second-order valence-corrected chi connectivity index (χ2v) is 10.7. The molecule has 0 N–H and O–H groups in total. The van der Waals surface area contributed by atoms with Gasteiger partial charge in [-0.05, 0) is 61.2 Å². The smallest absolute Gasteiger partial charge is 0.311 e. The molecular formula is C22H32O5. The van der Waals surface area contributed by atoms with Crippen molar-refractivity contribution < 1.29 is 23.8 Å². The minimum atomic E-state index is -0.575. The number of ether oxygens (including phenoxy) is 3. The van der Waals surface area contributed by atoms with E-state index < -0.39 is 12.6 Å². The quantitative estimate of drug-likeness (QED) is 0.646. The summed E-state index contributed by atoms with van der Waals surface area (Å²) in [5.74, 6) is 0.604. The molecule has 0 radical (unpaired) electrons. The lowest BCUT2D eigenvalue weighted by Crippen LogP contribution is -2.62. The van der Waals surface area contributed by atoms with Crippen molar-refractivity contribution >= 4 is 11.9 Å². The summed E-state index contributed by atoms with van der Waals surface area (Å²) in [6.45, 7) is 8.78. The van der Waals surface area contributed by atoms with Gasteiger partial charge < -0.3 is 14.2 Å². The number of fused-ring (bicyclic) bond motifs is 2. The highest BCUT2D eigenvalue weighted by Gasteiger charge is 2.75. The summed E-state index contributed by atoms with van der Waals surface area (Å²) >= 11 is 0. The van der Waals surface area contributed by atoms with E-state index in [0.29, 0.717) is 17.3 Å². The van der Waals surface area contributed by atoms with E-state index in [1.807, 2.05) is 0 Å². The molecule has 5 aliphatic rings. The highest BCUT2D eigenvalue weighted by atomic mass is 16.8. The van der Waals surface area contributed by atoms with Gasteiger partial charge in [-0.2, -0.15) is 0 Å². The number of hydrogen-bond acceptors (Lipinski definition) is 5. The van der Waals surface area contributed by atoms with E-state index in [-0.39, 0.29) is 34.6 Å². The lowest BCUT2D eigenvalue weighted by molar-refractivity contribution is -0.251. The van der Waals surface area contributed by atoms with Gasteiger partial charge in [0.1, 0.15) is 0 Å². The van der Waals surface area contributed by atoms with Crippen LogP contribution in [0, 0.1) is 39.9 Å². The van der Waals surface area contributed by atoms with Crippen LogP contribution in [0.5, 0.6) is 0 Å². The fourth-order valence-electron chi connectivity index (χ4n) is 8.45. The lowest BCUT2D eigenvalue weighted by atomic mass is 9.38. The van der Waals surface area contributed by atoms with E-state index in [1.165, 1.54) is 26.2 Å². The van der Waals surface area contributed by atoms with Crippen LogP contribution >= 0.6 is 0 Å². The summed E-state index contributed by atoms with van der Waals surface area (Å²) in [6.07, 6.45) is 6.61. The van der Waals surface area contributed by atoms with E-state index in [0.717, 1.165) is 25.7 Å². The zero-order chi connectivity index (χ0) is 19.2. The highest BCUT2D eigenvalue weighted by Crippen LogP contribution is 2.73. The Balaban J connectivity index is 1.61. The van der Waals surface area contributed by atoms with Crippen molar-refractivity contribution in [2.24, 2.45) is 39.9 Å². The van der Waals surface area contributed by atoms with E-state index in [2.05, 4.69) is 20.8 Å². The second-order valence-electron chi connectivity index (χ2n) is 10.7. The molecule has 5 rings (SSSR count). The first-order valence-corrected chi connectivity index (χ1v) is 10.7. The van der Waals surface area contributed by atoms with Crippen LogP contribution in [-0.2, 0) is 23.8 Å². The maximum atomic E-state index is 12.5. The van der Waals surface area contributed by atoms with Crippen LogP contribution in [-0.4, -0.2) is 24.5 Å². The molecule has 0 aromatic heterocycles. The van der Waals surface area contributed by atoms with Gasteiger partial charge in [-0.3, -0.25) is 9.59 Å². The summed E-state index contributed by atoms with van der Waals surface area (Å²) in [5.41, 5.74) is 0.264. The minimum absolute atomic E-state index is 0.0379. The van der Waals surface area contributed by atoms with Crippen LogP contribution in [0.4, 0.5) is 0 Å². The van der Waals surface area contributed by atoms with E-state index >= 15 is 0 Å². The van der Waals surface area contributed by atoms with Crippen LogP contribution in [0.2, 0.25) is 0 Å². The molecule has 1 spiro atoms. The zero-order valence-corrected chi connectivity index (χ0v) is 17.0. The van der Waals surface area contributed by atoms with Crippen LogP contribution in [0.3, 0.4) is 0 Å². The molecule has 0 aromatic rings. The summed E-state index contributed by atoms with van der Waals surface area (Å²) in [5, 5.41) is 0. The average molecular weight is 376 g/mol. The van der Waals surface area contributed by atoms with Gasteiger partial charge in [-0.1, -0.05) is 27.2 Å². The Morgan fingerprint density at radius 1 is 1.07 bits per heavy atom. The molecule has 5 nitrogen and oxygen atoms in total. The maximum Gasteiger partial charge on any atom is 0.311 e. The Morgan fingerprint density at radius 3 is 2.59 bits per heavy atom. The Morgan fingerprint density at radius 2 is 1.85 bits per heavy atom. The van der Waals surface area contributed by atoms with E-state index in [4.69, 9.17) is 14.2 Å². The third-order valence-corrected chi connectivity index (χ3v) is 9.21. The van der Waals surface area contributed by atoms with Crippen LogP contribution in [0.25, 0.3) is 0 Å². The van der Waals surface area contributed by atoms with Crippen molar-refractivity contribution in [1.29, 1.82) is 0 Å². The highest BCUT2D eigenvalue weighted by molar-refractivity contribution is 5.76. The third-order valence-electron chi connectivity index (χ3n) is 9.21. The minimum Gasteiger partial charge on any atom is -0.435 e. The number of esters is 2. The van der Waals surface area contributed by atoms with Gasteiger partial charge in [-0.15, -0.1) is 0 Å². The molecule has 5 fully saturated rings. The summed E-state index contributed by atoms with van der Waals surface area (Å²) in [7, 11) is 0. The number of rotatable bonds is 1. The number of carbonyl (C=O) groups excluding carboxylic acids is 2. The van der Waals surface area contributed by atoms with Crippen LogP contribution in [0.15, 0.2) is 0 Å². The standard InChI is InChI=1S/C22H32O5/c1-12(23)25-19-22-11-8-14-20(2,3)9-5-10-21(14,4)15(22)7-6-13-16(22)18(27-19)26-17(13)24/h13-16,18-19H,5-11H2,1-4H3/t13-,14+,15-,16+,18?,19-,21+,22+/m1/s1. The topological polar surface area (TPSA) is 61.8 Å². The molecule has 2 heterocycles. The SMILES string of the molecule is CC(=O)O[C@@H]1OC2OC(=O)[C@@H]3CC[C@@H]4[C@@]5(C)CCCC(C)(C)[C@@H]5CC[C@]14[C@H]23. The Kier molecular flexibility index (Phi) is 3.65. The predicted octanol–water partition coefficient (Wildman–Crippen LogP) is 4.04. The molecule has 3 saturated carbocycles. The second kappa shape index (κ2) is 5.49. The van der Waals surface area contributed by atoms with Crippen molar-refractivity contribution in [2.45, 2.75) is 85.2 Å². The predicted molar refractivity (Wildman–Crippen MR) is 97.1 cm³/mol. The first kappa shape index (κ1) is 18.0. The van der Waals surface area contributed by atoms with Gasteiger partial charge in [0.15, 0.2) is 0 Å². The summed E-state index contributed by atoms with van der Waals surface area (Å²) < 4.78 is 17.5. The molecule has 8 atom stereocenters.